The molecule has 20 heavy (non-hydrogen) atoms. The molecule has 0 aromatic heterocycles. The van der Waals surface area contributed by atoms with Gasteiger partial charge in [-0.25, -0.2) is 0 Å². The summed E-state index contributed by atoms with van der Waals surface area (Å²) in [5.74, 6) is 0.0709. The minimum atomic E-state index is -0.173. The number of carbonyl (C=O) groups is 2. The first-order valence-corrected chi connectivity index (χ1v) is 7.65. The average Bonchev–Trinajstić information content (AvgIpc) is 2.47. The Morgan fingerprint density at radius 3 is 2.65 bits per heavy atom. The van der Waals surface area contributed by atoms with E-state index in [4.69, 9.17) is 0 Å². The van der Waals surface area contributed by atoms with Gasteiger partial charge in [-0.2, -0.15) is 0 Å². The first-order chi connectivity index (χ1) is 9.61. The van der Waals surface area contributed by atoms with Crippen molar-refractivity contribution in [1.29, 1.82) is 0 Å². The number of carbonyl (C=O) groups excluding carboxylic acids is 2. The van der Waals surface area contributed by atoms with E-state index in [1.165, 1.54) is 0 Å². The fourth-order valence-corrected chi connectivity index (χ4v) is 2.82. The summed E-state index contributed by atoms with van der Waals surface area (Å²) in [4.78, 5) is 26.2. The molecule has 5 heteroatoms. The average molecular weight is 339 g/mol. The largest absolute Gasteiger partial charge is 0.358 e. The Hall–Kier alpha value is -1.20. The second-order valence-electron chi connectivity index (χ2n) is 5.03. The van der Waals surface area contributed by atoms with Crippen LogP contribution in [0.15, 0.2) is 28.7 Å². The van der Waals surface area contributed by atoms with Crippen molar-refractivity contribution in [3.05, 3.63) is 34.3 Å². The Labute approximate surface area is 127 Å². The second-order valence-corrected chi connectivity index (χ2v) is 5.94. The van der Waals surface area contributed by atoms with Gasteiger partial charge in [0.25, 0.3) is 0 Å². The maximum Gasteiger partial charge on any atom is 0.237 e. The highest BCUT2D eigenvalue weighted by Gasteiger charge is 2.29. The summed E-state index contributed by atoms with van der Waals surface area (Å²) in [6, 6.07) is 7.17. The van der Waals surface area contributed by atoms with Crippen molar-refractivity contribution in [1.82, 2.24) is 10.2 Å². The number of benzene rings is 1. The van der Waals surface area contributed by atoms with Gasteiger partial charge in [-0.3, -0.25) is 14.5 Å². The van der Waals surface area contributed by atoms with E-state index in [0.29, 0.717) is 12.1 Å². The highest BCUT2D eigenvalue weighted by atomic mass is 79.9. The number of hydrogen-bond donors (Lipinski definition) is 1. The van der Waals surface area contributed by atoms with Gasteiger partial charge in [-0.1, -0.05) is 34.5 Å². The SMILES string of the molecule is CNC(=O)C1CCCCN1CC(=O)c1ccc(Br)cc1. The van der Waals surface area contributed by atoms with Crippen molar-refractivity contribution in [3.8, 4) is 0 Å². The standard InChI is InChI=1S/C15H19BrN2O2/c1-17-15(20)13-4-2-3-9-18(13)10-14(19)11-5-7-12(16)8-6-11/h5-8,13H,2-4,9-10H2,1H3,(H,17,20). The lowest BCUT2D eigenvalue weighted by Gasteiger charge is -2.33. The Balaban J connectivity index is 2.04. The van der Waals surface area contributed by atoms with Gasteiger partial charge >= 0.3 is 0 Å². The minimum absolute atomic E-state index is 0.00769. The molecule has 1 N–H and O–H groups in total. The smallest absolute Gasteiger partial charge is 0.237 e. The van der Waals surface area contributed by atoms with E-state index in [0.717, 1.165) is 30.3 Å². The third kappa shape index (κ3) is 3.67. The van der Waals surface area contributed by atoms with Gasteiger partial charge in [0.05, 0.1) is 12.6 Å². The van der Waals surface area contributed by atoms with Crippen molar-refractivity contribution < 1.29 is 9.59 Å². The van der Waals surface area contributed by atoms with Crippen molar-refractivity contribution in [2.75, 3.05) is 20.1 Å². The molecule has 2 rings (SSSR count). The van der Waals surface area contributed by atoms with Gasteiger partial charge in [0.15, 0.2) is 5.78 Å². The van der Waals surface area contributed by atoms with E-state index in [1.807, 2.05) is 29.2 Å². The van der Waals surface area contributed by atoms with Gasteiger partial charge in [0.1, 0.15) is 0 Å². The lowest BCUT2D eigenvalue weighted by Crippen LogP contribution is -2.50. The van der Waals surface area contributed by atoms with Gasteiger partial charge in [-0.15, -0.1) is 0 Å². The molecule has 108 valence electrons. The Morgan fingerprint density at radius 2 is 2.00 bits per heavy atom. The van der Waals surface area contributed by atoms with Gasteiger partial charge < -0.3 is 5.32 Å². The molecule has 0 radical (unpaired) electrons. The summed E-state index contributed by atoms with van der Waals surface area (Å²) in [5, 5.41) is 2.69. The maximum atomic E-state index is 12.3. The van der Waals surface area contributed by atoms with Crippen LogP contribution in [0.4, 0.5) is 0 Å². The van der Waals surface area contributed by atoms with Crippen molar-refractivity contribution in [2.45, 2.75) is 25.3 Å². The number of hydrogen-bond acceptors (Lipinski definition) is 3. The number of likely N-dealkylation sites (tertiary alicyclic amines) is 1. The van der Waals surface area contributed by atoms with E-state index in [2.05, 4.69) is 21.2 Å². The molecular weight excluding hydrogens is 320 g/mol. The molecule has 1 heterocycles. The molecule has 0 aliphatic carbocycles. The summed E-state index contributed by atoms with van der Waals surface area (Å²) in [6.45, 7) is 1.11. The maximum absolute atomic E-state index is 12.3. The van der Waals surface area contributed by atoms with Gasteiger partial charge in [0, 0.05) is 17.1 Å². The number of nitrogens with zero attached hydrogens (tertiary/aromatic N) is 1. The molecule has 1 saturated heterocycles. The molecule has 4 nitrogen and oxygen atoms in total. The van der Waals surface area contributed by atoms with Crippen LogP contribution in [0.1, 0.15) is 29.6 Å². The number of halogens is 1. The van der Waals surface area contributed by atoms with E-state index >= 15 is 0 Å². The summed E-state index contributed by atoms with van der Waals surface area (Å²) in [6.07, 6.45) is 2.91. The highest BCUT2D eigenvalue weighted by molar-refractivity contribution is 9.10. The van der Waals surface area contributed by atoms with Crippen LogP contribution in [0.2, 0.25) is 0 Å². The second kappa shape index (κ2) is 6.99. The minimum Gasteiger partial charge on any atom is -0.358 e. The molecule has 1 unspecified atom stereocenters. The van der Waals surface area contributed by atoms with Crippen LogP contribution in [-0.2, 0) is 4.79 Å². The van der Waals surface area contributed by atoms with Crippen molar-refractivity contribution in [2.24, 2.45) is 0 Å². The summed E-state index contributed by atoms with van der Waals surface area (Å²) in [7, 11) is 1.64. The van der Waals surface area contributed by atoms with E-state index in [-0.39, 0.29) is 17.7 Å². The topological polar surface area (TPSA) is 49.4 Å². The van der Waals surface area contributed by atoms with E-state index in [9.17, 15) is 9.59 Å². The third-order valence-corrected chi connectivity index (χ3v) is 4.20. The van der Waals surface area contributed by atoms with Crippen LogP contribution in [0.5, 0.6) is 0 Å². The Kier molecular flexibility index (Phi) is 5.31. The molecule has 1 fully saturated rings. The van der Waals surface area contributed by atoms with Crippen LogP contribution in [0.25, 0.3) is 0 Å². The molecule has 0 spiro atoms. The predicted molar refractivity (Wildman–Crippen MR) is 81.8 cm³/mol. The van der Waals surface area contributed by atoms with Gasteiger partial charge in [0.2, 0.25) is 5.91 Å². The van der Waals surface area contributed by atoms with Crippen LogP contribution in [0, 0.1) is 0 Å². The molecule has 1 aliphatic rings. The zero-order valence-electron chi connectivity index (χ0n) is 11.6. The molecule has 1 atom stereocenters. The summed E-state index contributed by atoms with van der Waals surface area (Å²) >= 11 is 3.36. The zero-order chi connectivity index (χ0) is 14.5. The number of amides is 1. The Morgan fingerprint density at radius 1 is 1.30 bits per heavy atom. The number of rotatable bonds is 4. The fraction of sp³-hybridized carbons (Fsp3) is 0.467. The molecular formula is C15H19BrN2O2. The summed E-state index contributed by atoms with van der Waals surface area (Å²) in [5.41, 5.74) is 0.689. The van der Waals surface area contributed by atoms with Crippen LogP contribution in [0.3, 0.4) is 0 Å². The molecule has 1 amide bonds. The highest BCUT2D eigenvalue weighted by Crippen LogP contribution is 2.18. The van der Waals surface area contributed by atoms with Crippen molar-refractivity contribution >= 4 is 27.6 Å². The lowest BCUT2D eigenvalue weighted by molar-refractivity contribution is -0.126. The molecule has 1 aromatic rings. The molecule has 0 bridgehead atoms. The number of likely N-dealkylation sites (N-methyl/N-ethyl adjacent to an activating group) is 1. The van der Waals surface area contributed by atoms with Crippen LogP contribution < -0.4 is 5.32 Å². The van der Waals surface area contributed by atoms with Crippen LogP contribution >= 0.6 is 15.9 Å². The lowest BCUT2D eigenvalue weighted by atomic mass is 10.00. The van der Waals surface area contributed by atoms with E-state index < -0.39 is 0 Å². The number of piperidine rings is 1. The van der Waals surface area contributed by atoms with Gasteiger partial charge in [-0.05, 0) is 31.5 Å². The number of ketones is 1. The quantitative estimate of drug-likeness (QED) is 0.856. The summed E-state index contributed by atoms with van der Waals surface area (Å²) < 4.78 is 0.954. The molecule has 1 aliphatic heterocycles. The fourth-order valence-electron chi connectivity index (χ4n) is 2.56. The monoisotopic (exact) mass is 338 g/mol. The normalized spacial score (nSPS) is 19.6. The first-order valence-electron chi connectivity index (χ1n) is 6.86. The predicted octanol–water partition coefficient (Wildman–Crippen LogP) is 2.23. The zero-order valence-corrected chi connectivity index (χ0v) is 13.1. The van der Waals surface area contributed by atoms with Crippen LogP contribution in [-0.4, -0.2) is 42.8 Å². The molecule has 0 saturated carbocycles. The number of nitrogens with one attached hydrogen (secondary N) is 1. The van der Waals surface area contributed by atoms with E-state index in [1.54, 1.807) is 7.05 Å². The number of Topliss-reactive ketones (excluding diaryl/α,β-unsaturated/α-hetero) is 1. The van der Waals surface area contributed by atoms with Crippen molar-refractivity contribution in [3.63, 3.8) is 0 Å². The first kappa shape index (κ1) is 15.2. The molecule has 1 aromatic carbocycles. The Bertz CT molecular complexity index is 487. The third-order valence-electron chi connectivity index (χ3n) is 3.68.